The average molecular weight is 350 g/mol. The highest BCUT2D eigenvalue weighted by molar-refractivity contribution is 7.99. The first-order chi connectivity index (χ1) is 11.6. The van der Waals surface area contributed by atoms with Crippen LogP contribution in [0.4, 0.5) is 4.79 Å². The molecule has 2 atom stereocenters. The van der Waals surface area contributed by atoms with E-state index in [0.717, 1.165) is 17.1 Å². The van der Waals surface area contributed by atoms with Crippen molar-refractivity contribution >= 4 is 23.8 Å². The summed E-state index contributed by atoms with van der Waals surface area (Å²) in [6, 6.07) is 6.29. The van der Waals surface area contributed by atoms with Gasteiger partial charge in [0.05, 0.1) is 13.2 Å². The summed E-state index contributed by atoms with van der Waals surface area (Å²) in [5.74, 6) is 1.34. The molecule has 0 spiro atoms. The van der Waals surface area contributed by atoms with E-state index in [1.807, 2.05) is 12.1 Å². The Labute approximate surface area is 146 Å². The van der Waals surface area contributed by atoms with E-state index in [-0.39, 0.29) is 6.03 Å². The summed E-state index contributed by atoms with van der Waals surface area (Å²) in [6.45, 7) is 6.21. The normalized spacial score (nSPS) is 20.1. The van der Waals surface area contributed by atoms with Gasteiger partial charge >= 0.3 is 12.0 Å². The molecule has 24 heavy (non-hydrogen) atoms. The van der Waals surface area contributed by atoms with Crippen LogP contribution in [0.5, 0.6) is 5.75 Å². The first-order valence-electron chi connectivity index (χ1n) is 7.71. The maximum absolute atomic E-state index is 12.5. The zero-order chi connectivity index (χ0) is 17.5. The molecule has 2 amide bonds. The maximum atomic E-state index is 12.5. The lowest BCUT2D eigenvalue weighted by Crippen LogP contribution is -2.51. The lowest BCUT2D eigenvalue weighted by molar-refractivity contribution is -0.147. The molecule has 1 heterocycles. The highest BCUT2D eigenvalue weighted by Crippen LogP contribution is 2.31. The van der Waals surface area contributed by atoms with Gasteiger partial charge in [0.1, 0.15) is 18.3 Å². The molecule has 1 saturated heterocycles. The van der Waals surface area contributed by atoms with Gasteiger partial charge in [0.25, 0.3) is 0 Å². The molecular weight excluding hydrogens is 328 g/mol. The molecule has 0 bridgehead atoms. The molecule has 1 aliphatic heterocycles. The van der Waals surface area contributed by atoms with E-state index in [0.29, 0.717) is 18.1 Å². The molecule has 0 saturated carbocycles. The van der Waals surface area contributed by atoms with Gasteiger partial charge in [-0.2, -0.15) is 11.8 Å². The molecule has 0 unspecified atom stereocenters. The number of hydrogen-bond acceptors (Lipinski definition) is 5. The number of benzene rings is 1. The molecule has 1 aromatic rings. The highest BCUT2D eigenvalue weighted by atomic mass is 32.2. The molecular formula is C17H22N2O4S. The Morgan fingerprint density at radius 3 is 2.67 bits per heavy atom. The van der Waals surface area contributed by atoms with Crippen LogP contribution < -0.4 is 15.4 Å². The van der Waals surface area contributed by atoms with Crippen molar-refractivity contribution in [2.75, 3.05) is 25.2 Å². The van der Waals surface area contributed by atoms with Crippen LogP contribution in [-0.4, -0.2) is 37.2 Å². The van der Waals surface area contributed by atoms with Gasteiger partial charge in [-0.1, -0.05) is 25.6 Å². The Balaban J connectivity index is 2.15. The zero-order valence-electron chi connectivity index (χ0n) is 13.8. The molecule has 0 aliphatic carbocycles. The second-order valence-electron chi connectivity index (χ2n) is 5.22. The van der Waals surface area contributed by atoms with Crippen molar-refractivity contribution in [3.8, 4) is 5.75 Å². The van der Waals surface area contributed by atoms with Crippen molar-refractivity contribution in [3.05, 3.63) is 42.1 Å². The number of carbonyl (C=O) groups excluding carboxylic acids is 2. The quantitative estimate of drug-likeness (QED) is 0.584. The van der Waals surface area contributed by atoms with Gasteiger partial charge in [0.2, 0.25) is 0 Å². The van der Waals surface area contributed by atoms with E-state index in [9.17, 15) is 9.59 Å². The smallest absolute Gasteiger partial charge is 0.319 e. The summed E-state index contributed by atoms with van der Waals surface area (Å²) in [5.41, 5.74) is 1.13. The molecule has 1 aliphatic rings. The number of hydrogen-bond donors (Lipinski definition) is 2. The second kappa shape index (κ2) is 8.63. The summed E-state index contributed by atoms with van der Waals surface area (Å²) in [4.78, 5) is 24.3. The minimum absolute atomic E-state index is 0.338. The van der Waals surface area contributed by atoms with Gasteiger partial charge in [0, 0.05) is 11.4 Å². The van der Waals surface area contributed by atoms with Gasteiger partial charge < -0.3 is 20.1 Å². The van der Waals surface area contributed by atoms with Gasteiger partial charge in [-0.05, 0) is 23.4 Å². The van der Waals surface area contributed by atoms with Crippen LogP contribution in [0, 0.1) is 5.92 Å². The van der Waals surface area contributed by atoms with Crippen LogP contribution in [0.25, 0.3) is 0 Å². The number of amides is 2. The van der Waals surface area contributed by atoms with Gasteiger partial charge in [-0.15, -0.1) is 0 Å². The average Bonchev–Trinajstić information content (AvgIpc) is 2.58. The molecule has 1 fully saturated rings. The Kier molecular flexibility index (Phi) is 6.54. The number of carbonyl (C=O) groups is 2. The number of rotatable bonds is 7. The number of nitrogens with one attached hydrogen (secondary N) is 2. The summed E-state index contributed by atoms with van der Waals surface area (Å²) < 4.78 is 10.5. The van der Waals surface area contributed by atoms with E-state index in [2.05, 4.69) is 24.1 Å². The summed E-state index contributed by atoms with van der Waals surface area (Å²) in [6.07, 6.45) is 0. The van der Waals surface area contributed by atoms with Crippen LogP contribution >= 0.6 is 11.8 Å². The highest BCUT2D eigenvalue weighted by Gasteiger charge is 2.38. The molecule has 0 radical (unpaired) electrons. The van der Waals surface area contributed by atoms with Gasteiger partial charge in [0.15, 0.2) is 0 Å². The zero-order valence-corrected chi connectivity index (χ0v) is 14.7. The number of methoxy groups -OCH3 is 1. The van der Waals surface area contributed by atoms with Crippen molar-refractivity contribution < 1.29 is 19.1 Å². The minimum Gasteiger partial charge on any atom is -0.497 e. The fourth-order valence-electron chi connectivity index (χ4n) is 2.49. The standard InChI is InChI=1S/C17H22N2O4S/c1-4-24-10-9-23-16(20)14-11(2)18-17(21)19-15(14)12-5-7-13(22-3)8-6-12/h5-8,14-15H,2,4,9-10H2,1,3H3,(H2,18,19,21)/t14-,15+/m0/s1. The Morgan fingerprint density at radius 2 is 2.04 bits per heavy atom. The van der Waals surface area contributed by atoms with Crippen LogP contribution in [0.3, 0.4) is 0 Å². The fourth-order valence-corrected chi connectivity index (χ4v) is 2.98. The Morgan fingerprint density at radius 1 is 1.33 bits per heavy atom. The molecule has 130 valence electrons. The van der Waals surface area contributed by atoms with Crippen molar-refractivity contribution in [1.29, 1.82) is 0 Å². The topological polar surface area (TPSA) is 76.7 Å². The number of ether oxygens (including phenoxy) is 2. The fraction of sp³-hybridized carbons (Fsp3) is 0.412. The third kappa shape index (κ3) is 4.44. The van der Waals surface area contributed by atoms with Crippen molar-refractivity contribution in [2.45, 2.75) is 13.0 Å². The van der Waals surface area contributed by atoms with Crippen LogP contribution in [0.2, 0.25) is 0 Å². The third-order valence-corrected chi connectivity index (χ3v) is 4.54. The van der Waals surface area contributed by atoms with Crippen molar-refractivity contribution in [1.82, 2.24) is 10.6 Å². The largest absolute Gasteiger partial charge is 0.497 e. The van der Waals surface area contributed by atoms with E-state index in [1.165, 1.54) is 0 Å². The predicted octanol–water partition coefficient (Wildman–Crippen LogP) is 2.48. The second-order valence-corrected chi connectivity index (χ2v) is 6.61. The summed E-state index contributed by atoms with van der Waals surface area (Å²) >= 11 is 1.70. The van der Waals surface area contributed by atoms with Crippen LogP contribution in [-0.2, 0) is 9.53 Å². The Hall–Kier alpha value is -2.15. The van der Waals surface area contributed by atoms with Gasteiger partial charge in [-0.25, -0.2) is 4.79 Å². The molecule has 2 rings (SSSR count). The predicted molar refractivity (Wildman–Crippen MR) is 94.0 cm³/mol. The summed E-state index contributed by atoms with van der Waals surface area (Å²) in [7, 11) is 1.58. The first kappa shape index (κ1) is 18.2. The first-order valence-corrected chi connectivity index (χ1v) is 8.87. The van der Waals surface area contributed by atoms with E-state index >= 15 is 0 Å². The molecule has 7 heteroatoms. The van der Waals surface area contributed by atoms with Crippen LogP contribution in [0.15, 0.2) is 36.5 Å². The van der Waals surface area contributed by atoms with E-state index < -0.39 is 17.9 Å². The minimum atomic E-state index is -0.678. The number of thioether (sulfide) groups is 1. The number of esters is 1. The Bertz CT molecular complexity index is 603. The summed E-state index contributed by atoms with van der Waals surface area (Å²) in [5, 5.41) is 5.33. The lowest BCUT2D eigenvalue weighted by Gasteiger charge is -2.33. The van der Waals surface area contributed by atoms with Crippen molar-refractivity contribution in [2.24, 2.45) is 5.92 Å². The van der Waals surface area contributed by atoms with E-state index in [1.54, 1.807) is 31.0 Å². The maximum Gasteiger partial charge on any atom is 0.319 e. The lowest BCUT2D eigenvalue weighted by atomic mass is 9.89. The van der Waals surface area contributed by atoms with E-state index in [4.69, 9.17) is 9.47 Å². The monoisotopic (exact) mass is 350 g/mol. The molecule has 1 aromatic carbocycles. The van der Waals surface area contributed by atoms with Crippen LogP contribution in [0.1, 0.15) is 18.5 Å². The SMILES string of the molecule is C=C1NC(=O)N[C@H](c2ccc(OC)cc2)[C@H]1C(=O)OCCSCC. The number of urea groups is 1. The van der Waals surface area contributed by atoms with Gasteiger partial charge in [-0.3, -0.25) is 4.79 Å². The third-order valence-electron chi connectivity index (χ3n) is 3.67. The molecule has 6 nitrogen and oxygen atoms in total. The van der Waals surface area contributed by atoms with Crippen molar-refractivity contribution in [3.63, 3.8) is 0 Å². The molecule has 0 aromatic heterocycles. The molecule has 2 N–H and O–H groups in total.